The molecule has 0 radical (unpaired) electrons. The SMILES string of the molecule is C[Si](C)(C)c1oc([Si](C)(C)C)c2c1CC(C(=O)c1ccccc1)(C(=O)c1ccccc1)C2. The molecule has 1 heterocycles. The van der Waals surface area contributed by atoms with Crippen LogP contribution in [0.25, 0.3) is 0 Å². The van der Waals surface area contributed by atoms with Gasteiger partial charge in [-0.2, -0.15) is 0 Å². The second-order valence-corrected chi connectivity index (χ2v) is 21.0. The van der Waals surface area contributed by atoms with Gasteiger partial charge in [-0.05, 0) is 24.0 Å². The standard InChI is InChI=1S/C27H32O3Si2/c1-31(2,3)25-21-17-27(23(28)19-13-9-7-10-14-19,24(29)20-15-11-8-12-16-20)18-22(21)26(30-25)32(4,5)6/h7-16H,17-18H2,1-6H3. The Hall–Kier alpha value is -2.51. The number of ketones is 2. The van der Waals surface area contributed by atoms with Crippen molar-refractivity contribution in [3.8, 4) is 0 Å². The lowest BCUT2D eigenvalue weighted by molar-refractivity contribution is 0.0674. The molecule has 1 aliphatic rings. The van der Waals surface area contributed by atoms with Crippen LogP contribution in [0.1, 0.15) is 31.8 Å². The molecule has 0 unspecified atom stereocenters. The van der Waals surface area contributed by atoms with Gasteiger partial charge in [-0.1, -0.05) is 99.9 Å². The van der Waals surface area contributed by atoms with Gasteiger partial charge in [0, 0.05) is 11.1 Å². The van der Waals surface area contributed by atoms with Crippen LogP contribution in [0, 0.1) is 5.41 Å². The van der Waals surface area contributed by atoms with Gasteiger partial charge >= 0.3 is 0 Å². The Bertz CT molecular complexity index is 1070. The van der Waals surface area contributed by atoms with E-state index in [4.69, 9.17) is 4.42 Å². The first-order valence-corrected chi connectivity index (χ1v) is 18.3. The number of carbonyl (C=O) groups is 2. The third-order valence-electron chi connectivity index (χ3n) is 6.38. The average molecular weight is 461 g/mol. The van der Waals surface area contributed by atoms with E-state index in [1.807, 2.05) is 60.7 Å². The molecule has 2 aromatic carbocycles. The van der Waals surface area contributed by atoms with Gasteiger partial charge in [0.2, 0.25) is 0 Å². The molecule has 0 amide bonds. The summed E-state index contributed by atoms with van der Waals surface area (Å²) in [6.45, 7) is 13.7. The molecule has 0 aliphatic heterocycles. The van der Waals surface area contributed by atoms with Crippen molar-refractivity contribution >= 4 is 38.5 Å². The van der Waals surface area contributed by atoms with E-state index in [9.17, 15) is 9.59 Å². The van der Waals surface area contributed by atoms with Crippen molar-refractivity contribution in [3.63, 3.8) is 0 Å². The monoisotopic (exact) mass is 460 g/mol. The topological polar surface area (TPSA) is 47.3 Å². The molecule has 166 valence electrons. The van der Waals surface area contributed by atoms with Crippen LogP contribution in [-0.4, -0.2) is 27.7 Å². The Morgan fingerprint density at radius 3 is 1.31 bits per heavy atom. The zero-order valence-corrected chi connectivity index (χ0v) is 21.9. The lowest BCUT2D eigenvalue weighted by Gasteiger charge is -2.28. The number of furan rings is 1. The molecule has 32 heavy (non-hydrogen) atoms. The van der Waals surface area contributed by atoms with Crippen LogP contribution < -0.4 is 10.8 Å². The second-order valence-electron chi connectivity index (χ2n) is 11.0. The highest BCUT2D eigenvalue weighted by atomic mass is 28.3. The molecule has 0 fully saturated rings. The summed E-state index contributed by atoms with van der Waals surface area (Å²) in [5, 5.41) is 2.13. The van der Waals surface area contributed by atoms with E-state index in [1.165, 1.54) is 0 Å². The Labute approximate surface area is 192 Å². The molecule has 5 heteroatoms. The first-order chi connectivity index (χ1) is 14.9. The predicted molar refractivity (Wildman–Crippen MR) is 136 cm³/mol. The van der Waals surface area contributed by atoms with Gasteiger partial charge in [0.25, 0.3) is 0 Å². The van der Waals surface area contributed by atoms with Crippen molar-refractivity contribution in [2.45, 2.75) is 52.1 Å². The molecule has 0 saturated carbocycles. The van der Waals surface area contributed by atoms with Gasteiger partial charge in [-0.25, -0.2) is 0 Å². The van der Waals surface area contributed by atoms with Crippen LogP contribution in [-0.2, 0) is 12.8 Å². The third-order valence-corrected chi connectivity index (χ3v) is 9.91. The van der Waals surface area contributed by atoms with Crippen LogP contribution >= 0.6 is 0 Å². The van der Waals surface area contributed by atoms with E-state index in [0.717, 1.165) is 21.9 Å². The van der Waals surface area contributed by atoms with Gasteiger partial charge < -0.3 is 4.42 Å². The fourth-order valence-corrected chi connectivity index (χ4v) is 8.11. The summed E-state index contributed by atoms with van der Waals surface area (Å²) < 4.78 is 6.58. The van der Waals surface area contributed by atoms with Gasteiger partial charge in [-0.15, -0.1) is 0 Å². The Balaban J connectivity index is 1.93. The molecule has 0 spiro atoms. The lowest BCUT2D eigenvalue weighted by atomic mass is 9.72. The summed E-state index contributed by atoms with van der Waals surface area (Å²) in [5.41, 5.74) is 2.35. The van der Waals surface area contributed by atoms with Gasteiger partial charge in [0.1, 0.15) is 21.6 Å². The number of benzene rings is 2. The molecular formula is C27H32O3Si2. The molecule has 1 aliphatic carbocycles. The van der Waals surface area contributed by atoms with Crippen molar-refractivity contribution in [1.82, 2.24) is 0 Å². The molecule has 3 aromatic rings. The number of rotatable bonds is 6. The average Bonchev–Trinajstić information content (AvgIpc) is 3.30. The minimum Gasteiger partial charge on any atom is -0.476 e. The minimum absolute atomic E-state index is 0.0776. The first kappa shape index (κ1) is 22.7. The van der Waals surface area contributed by atoms with E-state index in [2.05, 4.69) is 39.3 Å². The molecule has 0 bridgehead atoms. The molecule has 4 rings (SSSR count). The largest absolute Gasteiger partial charge is 0.476 e. The van der Waals surface area contributed by atoms with Gasteiger partial charge in [-0.3, -0.25) is 9.59 Å². The summed E-state index contributed by atoms with van der Waals surface area (Å²) in [5.74, 6) is -0.155. The van der Waals surface area contributed by atoms with Gasteiger partial charge in [0.05, 0.1) is 10.8 Å². The van der Waals surface area contributed by atoms with E-state index < -0.39 is 21.6 Å². The number of fused-ring (bicyclic) bond motifs is 1. The molecule has 0 saturated heterocycles. The fourth-order valence-electron chi connectivity index (χ4n) is 4.91. The Morgan fingerprint density at radius 1 is 0.656 bits per heavy atom. The van der Waals surface area contributed by atoms with Crippen LogP contribution in [0.4, 0.5) is 0 Å². The molecule has 0 atom stereocenters. The highest BCUT2D eigenvalue weighted by Gasteiger charge is 2.54. The van der Waals surface area contributed by atoms with E-state index >= 15 is 0 Å². The minimum atomic E-state index is -1.81. The maximum atomic E-state index is 14.0. The zero-order valence-electron chi connectivity index (χ0n) is 19.9. The number of hydrogen-bond acceptors (Lipinski definition) is 3. The van der Waals surface area contributed by atoms with E-state index in [1.54, 1.807) is 0 Å². The summed E-state index contributed by atoms with van der Waals surface area (Å²) >= 11 is 0. The predicted octanol–water partition coefficient (Wildman–Crippen LogP) is 5.22. The number of Topliss-reactive ketones (excluding diaryl/α,β-unsaturated/α-hetero) is 2. The summed E-state index contributed by atoms with van der Waals surface area (Å²) in [4.78, 5) is 28.1. The highest BCUT2D eigenvalue weighted by Crippen LogP contribution is 2.43. The number of hydrogen-bond donors (Lipinski definition) is 0. The van der Waals surface area contributed by atoms with Crippen molar-refractivity contribution in [1.29, 1.82) is 0 Å². The van der Waals surface area contributed by atoms with Crippen LogP contribution in [0.5, 0.6) is 0 Å². The van der Waals surface area contributed by atoms with Crippen molar-refractivity contribution in [3.05, 3.63) is 82.9 Å². The zero-order chi connectivity index (χ0) is 23.3. The number of carbonyl (C=O) groups excluding carboxylic acids is 2. The van der Waals surface area contributed by atoms with Crippen LogP contribution in [0.3, 0.4) is 0 Å². The lowest BCUT2D eigenvalue weighted by Crippen LogP contribution is -2.46. The second kappa shape index (κ2) is 7.82. The quantitative estimate of drug-likeness (QED) is 0.288. The van der Waals surface area contributed by atoms with Crippen LogP contribution in [0.2, 0.25) is 39.3 Å². The van der Waals surface area contributed by atoms with Crippen molar-refractivity contribution in [2.24, 2.45) is 5.41 Å². The van der Waals surface area contributed by atoms with Crippen molar-refractivity contribution < 1.29 is 14.0 Å². The summed E-state index contributed by atoms with van der Waals surface area (Å²) in [7, 11) is -3.61. The van der Waals surface area contributed by atoms with Crippen LogP contribution in [0.15, 0.2) is 65.1 Å². The molecule has 1 aromatic heterocycles. The third kappa shape index (κ3) is 3.78. The van der Waals surface area contributed by atoms with Crippen molar-refractivity contribution in [2.75, 3.05) is 0 Å². The molecular weight excluding hydrogens is 428 g/mol. The van der Waals surface area contributed by atoms with E-state index in [0.29, 0.717) is 24.0 Å². The molecule has 3 nitrogen and oxygen atoms in total. The van der Waals surface area contributed by atoms with Gasteiger partial charge in [0.15, 0.2) is 11.6 Å². The summed E-state index contributed by atoms with van der Waals surface area (Å²) in [6.07, 6.45) is 0.856. The summed E-state index contributed by atoms with van der Waals surface area (Å²) in [6, 6.07) is 18.6. The fraction of sp³-hybridized carbons (Fsp3) is 0.333. The maximum Gasteiger partial charge on any atom is 0.177 e. The smallest absolute Gasteiger partial charge is 0.177 e. The Morgan fingerprint density at radius 2 is 1.00 bits per heavy atom. The highest BCUT2D eigenvalue weighted by molar-refractivity contribution is 6.90. The first-order valence-electron chi connectivity index (χ1n) is 11.3. The normalized spacial score (nSPS) is 15.4. The Kier molecular flexibility index (Phi) is 5.54. The maximum absolute atomic E-state index is 14.0. The van der Waals surface area contributed by atoms with E-state index in [-0.39, 0.29) is 11.6 Å². The molecule has 0 N–H and O–H groups in total.